The van der Waals surface area contributed by atoms with E-state index in [0.29, 0.717) is 22.3 Å². The van der Waals surface area contributed by atoms with Gasteiger partial charge in [-0.1, -0.05) is 35.4 Å². The molecule has 0 heterocycles. The van der Waals surface area contributed by atoms with E-state index in [0.717, 1.165) is 11.1 Å². The topological polar surface area (TPSA) is 71.4 Å². The summed E-state index contributed by atoms with van der Waals surface area (Å²) in [6, 6.07) is 7.08. The molecule has 134 valence electrons. The predicted molar refractivity (Wildman–Crippen MR) is 107 cm³/mol. The van der Waals surface area contributed by atoms with Crippen LogP contribution in [0.25, 0.3) is 0 Å². The van der Waals surface area contributed by atoms with Crippen molar-refractivity contribution in [1.82, 2.24) is 0 Å². The second kappa shape index (κ2) is 8.33. The second-order valence-electron chi connectivity index (χ2n) is 6.73. The first kappa shape index (κ1) is 23.0. The number of rotatable bonds is 4. The van der Waals surface area contributed by atoms with E-state index in [-0.39, 0.29) is 40.7 Å². The molecular weight excluding hydrogens is 358 g/mol. The molecule has 4 nitrogen and oxygen atoms in total. The van der Waals surface area contributed by atoms with Gasteiger partial charge in [0.25, 0.3) is 11.0 Å². The van der Waals surface area contributed by atoms with Crippen LogP contribution in [-0.4, -0.2) is 45.5 Å². The summed E-state index contributed by atoms with van der Waals surface area (Å²) in [5, 5.41) is 0. The number of hydrogen-bond donors (Lipinski definition) is 1. The minimum absolute atomic E-state index is 0. The summed E-state index contributed by atoms with van der Waals surface area (Å²) in [6.45, 7) is 10.6. The molecule has 2 rings (SSSR count). The summed E-state index contributed by atoms with van der Waals surface area (Å²) in [6.07, 6.45) is 0. The SMILES string of the molecule is Cc1cc(C)c(C(=O)P(=O)(O)C(=O)c2c(C)cc(C)cc2C)c(C)c1.[NaH]. The minimum atomic E-state index is -4.73. The summed E-state index contributed by atoms with van der Waals surface area (Å²) in [5.74, 6) is 0. The van der Waals surface area contributed by atoms with Gasteiger partial charge in [0, 0.05) is 11.1 Å². The molecule has 0 unspecified atom stereocenters. The molecule has 0 aliphatic heterocycles. The van der Waals surface area contributed by atoms with Crippen molar-refractivity contribution in [2.75, 3.05) is 0 Å². The molecule has 0 saturated heterocycles. The zero-order chi connectivity index (χ0) is 19.1. The van der Waals surface area contributed by atoms with Crippen molar-refractivity contribution in [2.45, 2.75) is 41.5 Å². The standard InChI is InChI=1S/C20H23O4P.Na.H/c1-11-7-13(3)17(14(4)8-11)19(21)25(23,24)20(22)18-15(5)9-12(2)10-16(18)6;;/h7-10H,1-6H3,(H,23,24);;. The van der Waals surface area contributed by atoms with Gasteiger partial charge >= 0.3 is 36.9 Å². The van der Waals surface area contributed by atoms with Crippen molar-refractivity contribution in [3.05, 3.63) is 68.8 Å². The Labute approximate surface area is 176 Å². The predicted octanol–water partition coefficient (Wildman–Crippen LogP) is 4.14. The Kier molecular flexibility index (Phi) is 7.37. The summed E-state index contributed by atoms with van der Waals surface area (Å²) in [4.78, 5) is 36.0. The fourth-order valence-electron chi connectivity index (χ4n) is 3.43. The molecule has 0 saturated carbocycles. The maximum absolute atomic E-state index is 12.8. The number of aryl methyl sites for hydroxylation is 6. The van der Waals surface area contributed by atoms with Crippen molar-refractivity contribution in [1.29, 1.82) is 0 Å². The van der Waals surface area contributed by atoms with Crippen molar-refractivity contribution < 1.29 is 19.0 Å². The molecule has 0 amide bonds. The van der Waals surface area contributed by atoms with Gasteiger partial charge in [0.05, 0.1) is 0 Å². The van der Waals surface area contributed by atoms with E-state index in [1.807, 2.05) is 13.8 Å². The molecule has 1 N–H and O–H groups in total. The van der Waals surface area contributed by atoms with Gasteiger partial charge in [-0.15, -0.1) is 0 Å². The fourth-order valence-corrected chi connectivity index (χ4v) is 4.93. The van der Waals surface area contributed by atoms with Gasteiger partial charge in [-0.05, 0) is 63.8 Å². The van der Waals surface area contributed by atoms with E-state index in [1.165, 1.54) is 0 Å². The zero-order valence-corrected chi connectivity index (χ0v) is 16.3. The molecular formula is C20H24NaO4P. The van der Waals surface area contributed by atoms with E-state index in [4.69, 9.17) is 0 Å². The van der Waals surface area contributed by atoms with Crippen molar-refractivity contribution in [3.63, 3.8) is 0 Å². The monoisotopic (exact) mass is 382 g/mol. The molecule has 0 atom stereocenters. The maximum atomic E-state index is 12.8. The zero-order valence-electron chi connectivity index (χ0n) is 15.4. The van der Waals surface area contributed by atoms with Crippen LogP contribution in [0.1, 0.15) is 54.1 Å². The Morgan fingerprint density at radius 1 is 0.692 bits per heavy atom. The third-order valence-electron chi connectivity index (χ3n) is 4.33. The Hall–Kier alpha value is -1.03. The van der Waals surface area contributed by atoms with Crippen LogP contribution >= 0.6 is 7.37 Å². The van der Waals surface area contributed by atoms with Crippen molar-refractivity contribution in [3.8, 4) is 0 Å². The van der Waals surface area contributed by atoms with Crippen LogP contribution < -0.4 is 0 Å². The molecule has 0 aliphatic carbocycles. The summed E-state index contributed by atoms with van der Waals surface area (Å²) in [7, 11) is -4.73. The van der Waals surface area contributed by atoms with Crippen LogP contribution in [0.4, 0.5) is 0 Å². The molecule has 0 spiro atoms. The van der Waals surface area contributed by atoms with Crippen LogP contribution in [-0.2, 0) is 4.57 Å². The Morgan fingerprint density at radius 2 is 0.923 bits per heavy atom. The first-order valence-corrected chi connectivity index (χ1v) is 9.71. The Bertz CT molecular complexity index is 827. The summed E-state index contributed by atoms with van der Waals surface area (Å²) in [5.41, 5.74) is 2.64. The average molecular weight is 382 g/mol. The van der Waals surface area contributed by atoms with E-state index in [9.17, 15) is 19.0 Å². The van der Waals surface area contributed by atoms with E-state index < -0.39 is 18.4 Å². The quantitative estimate of drug-likeness (QED) is 0.637. The molecule has 2 aromatic carbocycles. The van der Waals surface area contributed by atoms with Crippen molar-refractivity contribution in [2.24, 2.45) is 0 Å². The molecule has 0 fully saturated rings. The number of benzene rings is 2. The normalized spacial score (nSPS) is 11.0. The van der Waals surface area contributed by atoms with Crippen LogP contribution in [0.5, 0.6) is 0 Å². The number of hydrogen-bond acceptors (Lipinski definition) is 3. The van der Waals surface area contributed by atoms with Gasteiger partial charge in [-0.2, -0.15) is 0 Å². The van der Waals surface area contributed by atoms with E-state index in [2.05, 4.69) is 0 Å². The van der Waals surface area contributed by atoms with E-state index >= 15 is 0 Å². The Morgan fingerprint density at radius 3 is 1.15 bits per heavy atom. The molecule has 6 heteroatoms. The molecule has 0 bridgehead atoms. The second-order valence-corrected chi connectivity index (χ2v) is 8.70. The molecule has 26 heavy (non-hydrogen) atoms. The van der Waals surface area contributed by atoms with Crippen LogP contribution in [0.15, 0.2) is 24.3 Å². The molecule has 0 radical (unpaired) electrons. The van der Waals surface area contributed by atoms with E-state index in [1.54, 1.807) is 52.0 Å². The number of carbonyl (C=O) groups is 2. The average Bonchev–Trinajstić information content (AvgIpc) is 2.44. The first-order valence-electron chi connectivity index (χ1n) is 8.05. The van der Waals surface area contributed by atoms with Crippen LogP contribution in [0.3, 0.4) is 0 Å². The summed E-state index contributed by atoms with van der Waals surface area (Å²) >= 11 is 0. The first-order chi connectivity index (χ1) is 11.5. The van der Waals surface area contributed by atoms with Crippen LogP contribution in [0.2, 0.25) is 0 Å². The third-order valence-corrected chi connectivity index (χ3v) is 5.88. The van der Waals surface area contributed by atoms with Gasteiger partial charge < -0.3 is 4.89 Å². The van der Waals surface area contributed by atoms with Gasteiger partial charge in [-0.3, -0.25) is 14.2 Å². The van der Waals surface area contributed by atoms with Crippen LogP contribution in [0, 0.1) is 41.5 Å². The molecule has 0 aliphatic rings. The third kappa shape index (κ3) is 4.27. The molecule has 2 aromatic rings. The number of carbonyl (C=O) groups excluding carboxylic acids is 2. The van der Waals surface area contributed by atoms with Gasteiger partial charge in [0.2, 0.25) is 0 Å². The molecule has 0 aromatic heterocycles. The summed E-state index contributed by atoms with van der Waals surface area (Å²) < 4.78 is 12.8. The fraction of sp³-hybridized carbons (Fsp3) is 0.300. The Balaban J connectivity index is 0.00000338. The van der Waals surface area contributed by atoms with Crippen molar-refractivity contribution >= 4 is 48.0 Å². The van der Waals surface area contributed by atoms with Gasteiger partial charge in [-0.25, -0.2) is 0 Å². The van der Waals surface area contributed by atoms with Gasteiger partial charge in [0.15, 0.2) is 0 Å². The van der Waals surface area contributed by atoms with Gasteiger partial charge in [0.1, 0.15) is 0 Å².